The molecule has 0 aliphatic rings. The van der Waals surface area contributed by atoms with E-state index in [-0.39, 0.29) is 11.5 Å². The van der Waals surface area contributed by atoms with Crippen molar-refractivity contribution >= 4 is 27.3 Å². The Morgan fingerprint density at radius 2 is 1.84 bits per heavy atom. The minimum Gasteiger partial charge on any atom is -0.487 e. The molecule has 0 unspecified atom stereocenters. The molecule has 0 saturated carbocycles. The number of hydrogen-bond donors (Lipinski definition) is 1. The highest BCUT2D eigenvalue weighted by atomic mass is 35.5. The van der Waals surface area contributed by atoms with Gasteiger partial charge in [-0.3, -0.25) is 9.71 Å². The summed E-state index contributed by atoms with van der Waals surface area (Å²) in [5, 5.41) is 0.492. The molecule has 128 valence electrons. The molecule has 1 N–H and O–H groups in total. The lowest BCUT2D eigenvalue weighted by molar-refractivity contribution is 0.305. The van der Waals surface area contributed by atoms with Crippen LogP contribution in [0.15, 0.2) is 78.0 Å². The van der Waals surface area contributed by atoms with E-state index in [9.17, 15) is 8.42 Å². The Bertz CT molecular complexity index is 949. The molecule has 7 heteroatoms. The summed E-state index contributed by atoms with van der Waals surface area (Å²) >= 11 is 6.18. The second kappa shape index (κ2) is 7.55. The Hall–Kier alpha value is -2.57. The van der Waals surface area contributed by atoms with Crippen LogP contribution >= 0.6 is 11.6 Å². The average Bonchev–Trinajstić information content (AvgIpc) is 2.63. The van der Waals surface area contributed by atoms with Crippen LogP contribution in [0.4, 0.5) is 5.69 Å². The van der Waals surface area contributed by atoms with Gasteiger partial charge >= 0.3 is 0 Å². The van der Waals surface area contributed by atoms with E-state index in [1.54, 1.807) is 60.9 Å². The van der Waals surface area contributed by atoms with Crippen LogP contribution in [0.3, 0.4) is 0 Å². The van der Waals surface area contributed by atoms with Crippen LogP contribution in [-0.4, -0.2) is 13.4 Å². The molecule has 1 heterocycles. The first-order valence-electron chi connectivity index (χ1n) is 7.44. The van der Waals surface area contributed by atoms with Gasteiger partial charge in [-0.2, -0.15) is 0 Å². The number of aromatic nitrogens is 1. The number of sulfonamides is 1. The number of hydrogen-bond acceptors (Lipinski definition) is 4. The zero-order valence-corrected chi connectivity index (χ0v) is 14.7. The topological polar surface area (TPSA) is 68.3 Å². The zero-order chi connectivity index (χ0) is 17.7. The average molecular weight is 375 g/mol. The summed E-state index contributed by atoms with van der Waals surface area (Å²) in [7, 11) is -3.65. The third kappa shape index (κ3) is 4.49. The molecule has 0 aliphatic heterocycles. The van der Waals surface area contributed by atoms with Crippen molar-refractivity contribution < 1.29 is 13.2 Å². The van der Waals surface area contributed by atoms with Gasteiger partial charge in [0.1, 0.15) is 12.4 Å². The van der Waals surface area contributed by atoms with Crippen LogP contribution in [0, 0.1) is 0 Å². The largest absolute Gasteiger partial charge is 0.487 e. The highest BCUT2D eigenvalue weighted by Gasteiger charge is 2.14. The molecule has 0 radical (unpaired) electrons. The van der Waals surface area contributed by atoms with E-state index in [1.807, 2.05) is 0 Å². The van der Waals surface area contributed by atoms with Crippen molar-refractivity contribution in [3.63, 3.8) is 0 Å². The van der Waals surface area contributed by atoms with Crippen LogP contribution < -0.4 is 9.46 Å². The lowest BCUT2D eigenvalue weighted by atomic mass is 10.2. The first kappa shape index (κ1) is 17.3. The van der Waals surface area contributed by atoms with E-state index in [2.05, 4.69) is 9.71 Å². The molecule has 3 aromatic rings. The van der Waals surface area contributed by atoms with Gasteiger partial charge in [-0.25, -0.2) is 8.42 Å². The van der Waals surface area contributed by atoms with E-state index in [0.29, 0.717) is 22.0 Å². The first-order chi connectivity index (χ1) is 12.0. The highest BCUT2D eigenvalue weighted by Crippen LogP contribution is 2.24. The second-order valence-electron chi connectivity index (χ2n) is 5.20. The molecule has 0 atom stereocenters. The molecular formula is C18H15ClN2O3S. The molecule has 0 bridgehead atoms. The predicted octanol–water partition coefficient (Wildman–Crippen LogP) is 4.11. The van der Waals surface area contributed by atoms with Crippen molar-refractivity contribution in [3.05, 3.63) is 83.6 Å². The van der Waals surface area contributed by atoms with Crippen LogP contribution in [0.1, 0.15) is 5.56 Å². The summed E-state index contributed by atoms with van der Waals surface area (Å²) in [4.78, 5) is 4.16. The Morgan fingerprint density at radius 1 is 1.04 bits per heavy atom. The maximum absolute atomic E-state index is 12.4. The van der Waals surface area contributed by atoms with Crippen LogP contribution in [0.5, 0.6) is 5.75 Å². The van der Waals surface area contributed by atoms with Crippen LogP contribution in [0.25, 0.3) is 0 Å². The van der Waals surface area contributed by atoms with E-state index in [0.717, 1.165) is 0 Å². The molecule has 3 rings (SSSR count). The number of pyridine rings is 1. The fourth-order valence-electron chi connectivity index (χ4n) is 2.16. The molecule has 0 spiro atoms. The lowest BCUT2D eigenvalue weighted by Crippen LogP contribution is -2.13. The van der Waals surface area contributed by atoms with Crippen molar-refractivity contribution in [1.29, 1.82) is 0 Å². The first-order valence-corrected chi connectivity index (χ1v) is 9.30. The van der Waals surface area contributed by atoms with Gasteiger partial charge < -0.3 is 4.74 Å². The van der Waals surface area contributed by atoms with Crippen molar-refractivity contribution in [2.75, 3.05) is 4.72 Å². The third-order valence-corrected chi connectivity index (χ3v) is 5.15. The van der Waals surface area contributed by atoms with Crippen LogP contribution in [0.2, 0.25) is 5.02 Å². The Balaban J connectivity index is 1.77. The van der Waals surface area contributed by atoms with Gasteiger partial charge in [0.15, 0.2) is 0 Å². The molecule has 0 saturated heterocycles. The number of nitrogens with one attached hydrogen (secondary N) is 1. The third-order valence-electron chi connectivity index (χ3n) is 3.38. The minimum absolute atomic E-state index is 0.193. The lowest BCUT2D eigenvalue weighted by Gasteiger charge is -2.12. The number of rotatable bonds is 6. The molecule has 25 heavy (non-hydrogen) atoms. The van der Waals surface area contributed by atoms with Crippen LogP contribution in [-0.2, 0) is 16.6 Å². The molecular weight excluding hydrogens is 360 g/mol. The summed E-state index contributed by atoms with van der Waals surface area (Å²) in [5.41, 5.74) is 1.08. The normalized spacial score (nSPS) is 11.1. The van der Waals surface area contributed by atoms with Gasteiger partial charge in [-0.05, 0) is 42.5 Å². The highest BCUT2D eigenvalue weighted by molar-refractivity contribution is 7.92. The summed E-state index contributed by atoms with van der Waals surface area (Å²) in [6.45, 7) is 0.200. The summed E-state index contributed by atoms with van der Waals surface area (Å²) in [5.74, 6) is 0.605. The van der Waals surface area contributed by atoms with Gasteiger partial charge in [0.05, 0.1) is 11.1 Å². The van der Waals surface area contributed by atoms with Gasteiger partial charge in [-0.15, -0.1) is 0 Å². The van der Waals surface area contributed by atoms with Crippen molar-refractivity contribution in [3.8, 4) is 5.75 Å². The smallest absolute Gasteiger partial charge is 0.261 e. The maximum atomic E-state index is 12.4. The summed E-state index contributed by atoms with van der Waals surface area (Å²) in [6, 6.07) is 16.6. The van der Waals surface area contributed by atoms with Crippen molar-refractivity contribution in [2.45, 2.75) is 11.5 Å². The van der Waals surface area contributed by atoms with Gasteiger partial charge in [0.2, 0.25) is 0 Å². The predicted molar refractivity (Wildman–Crippen MR) is 97.3 cm³/mol. The van der Waals surface area contributed by atoms with E-state index in [1.165, 1.54) is 12.1 Å². The van der Waals surface area contributed by atoms with Gasteiger partial charge in [0, 0.05) is 22.5 Å². The second-order valence-corrected chi connectivity index (χ2v) is 7.29. The van der Waals surface area contributed by atoms with E-state index < -0.39 is 10.0 Å². The molecule has 2 aromatic carbocycles. The quantitative estimate of drug-likeness (QED) is 0.704. The summed E-state index contributed by atoms with van der Waals surface area (Å²) < 4.78 is 33.0. The molecule has 1 aromatic heterocycles. The van der Waals surface area contributed by atoms with Crippen molar-refractivity contribution in [2.24, 2.45) is 0 Å². The minimum atomic E-state index is -3.65. The fraction of sp³-hybridized carbons (Fsp3) is 0.0556. The number of anilines is 1. The van der Waals surface area contributed by atoms with Gasteiger partial charge in [-0.1, -0.05) is 29.8 Å². The Kier molecular flexibility index (Phi) is 5.21. The fourth-order valence-corrected chi connectivity index (χ4v) is 3.40. The molecule has 0 fully saturated rings. The maximum Gasteiger partial charge on any atom is 0.261 e. The Labute approximate surface area is 151 Å². The molecule has 0 aliphatic carbocycles. The van der Waals surface area contributed by atoms with E-state index in [4.69, 9.17) is 16.3 Å². The molecule has 0 amide bonds. The van der Waals surface area contributed by atoms with E-state index >= 15 is 0 Å². The molecule has 5 nitrogen and oxygen atoms in total. The number of ether oxygens (including phenoxy) is 1. The van der Waals surface area contributed by atoms with Gasteiger partial charge in [0.25, 0.3) is 10.0 Å². The SMILES string of the molecule is O=S(=O)(Nc1ccc(Cl)c(COc2cccnc2)c1)c1ccccc1. The Morgan fingerprint density at radius 3 is 2.56 bits per heavy atom. The zero-order valence-electron chi connectivity index (χ0n) is 13.1. The summed E-state index contributed by atoms with van der Waals surface area (Å²) in [6.07, 6.45) is 3.24. The standard InChI is InChI=1S/C18H15ClN2O3S/c19-18-9-8-15(21-25(22,23)17-6-2-1-3-7-17)11-14(18)13-24-16-5-4-10-20-12-16/h1-12,21H,13H2. The van der Waals surface area contributed by atoms with Crippen molar-refractivity contribution in [1.82, 2.24) is 4.98 Å². The number of benzene rings is 2. The monoisotopic (exact) mass is 374 g/mol. The number of halogens is 1. The number of nitrogens with zero attached hydrogens (tertiary/aromatic N) is 1.